The standard InChI is InChI=1S/C11H12N2/c1-2-4-10-8(3-1)9-5-6-12-7-11(9)13-10/h1-4,12-13H,5-7H2/i7+1D2. The number of benzene rings is 1. The molecule has 1 aliphatic rings. The van der Waals surface area contributed by atoms with Crippen molar-refractivity contribution in [2.24, 2.45) is 0 Å². The summed E-state index contributed by atoms with van der Waals surface area (Å²) in [5.41, 5.74) is 2.83. The van der Waals surface area contributed by atoms with E-state index >= 15 is 0 Å². The molecule has 0 saturated heterocycles. The Balaban J connectivity index is 2.34. The second kappa shape index (κ2) is 2.60. The van der Waals surface area contributed by atoms with E-state index in [0.29, 0.717) is 12.2 Å². The van der Waals surface area contributed by atoms with Gasteiger partial charge in [0.15, 0.2) is 0 Å². The van der Waals surface area contributed by atoms with Gasteiger partial charge in [0.25, 0.3) is 0 Å². The number of H-pyrrole nitrogens is 1. The Morgan fingerprint density at radius 3 is 3.23 bits per heavy atom. The fourth-order valence-corrected chi connectivity index (χ4v) is 1.90. The first-order valence-electron chi connectivity index (χ1n) is 5.53. The molecule has 0 bridgehead atoms. The molecule has 2 N–H and O–H groups in total. The Morgan fingerprint density at radius 2 is 2.23 bits per heavy atom. The lowest BCUT2D eigenvalue weighted by Crippen LogP contribution is -2.22. The number of hydrogen-bond donors (Lipinski definition) is 2. The molecule has 0 amide bonds. The van der Waals surface area contributed by atoms with Crippen LogP contribution in [0, 0.1) is 0 Å². The van der Waals surface area contributed by atoms with E-state index in [9.17, 15) is 0 Å². The van der Waals surface area contributed by atoms with Crippen molar-refractivity contribution in [3.8, 4) is 0 Å². The average molecular weight is 175 g/mol. The largest absolute Gasteiger partial charge is 0.357 e. The zero-order chi connectivity index (χ0) is 10.5. The molecule has 0 radical (unpaired) electrons. The summed E-state index contributed by atoms with van der Waals surface area (Å²) in [6.45, 7) is -0.728. The van der Waals surface area contributed by atoms with Gasteiger partial charge < -0.3 is 10.3 Å². The van der Waals surface area contributed by atoms with E-state index in [1.54, 1.807) is 0 Å². The number of fused-ring (bicyclic) bond motifs is 3. The molecule has 0 aliphatic carbocycles. The maximum absolute atomic E-state index is 7.86. The van der Waals surface area contributed by atoms with Gasteiger partial charge in [-0.05, 0) is 24.6 Å². The van der Waals surface area contributed by atoms with Gasteiger partial charge in [0.05, 0.1) is 0 Å². The number of hydrogen-bond acceptors (Lipinski definition) is 1. The van der Waals surface area contributed by atoms with Crippen LogP contribution in [0.1, 0.15) is 14.0 Å². The van der Waals surface area contributed by atoms with Gasteiger partial charge in [-0.3, -0.25) is 0 Å². The van der Waals surface area contributed by atoms with Crippen molar-refractivity contribution >= 4 is 10.9 Å². The molecule has 0 unspecified atom stereocenters. The van der Waals surface area contributed by atoms with Gasteiger partial charge in [-0.1, -0.05) is 18.2 Å². The molecule has 0 fully saturated rings. The highest BCUT2D eigenvalue weighted by molar-refractivity contribution is 5.84. The smallest absolute Gasteiger partial charge is 0.0495 e. The summed E-state index contributed by atoms with van der Waals surface area (Å²) in [7, 11) is 0. The van der Waals surface area contributed by atoms with Crippen LogP contribution in [0.3, 0.4) is 0 Å². The third-order valence-electron chi connectivity index (χ3n) is 2.53. The van der Waals surface area contributed by atoms with Gasteiger partial charge in [-0.25, -0.2) is 0 Å². The molecule has 13 heavy (non-hydrogen) atoms. The number of aromatic nitrogens is 1. The molecule has 2 heteroatoms. The molecule has 1 aromatic heterocycles. The maximum atomic E-state index is 7.86. The molecule has 0 atom stereocenters. The third-order valence-corrected chi connectivity index (χ3v) is 2.53. The summed E-state index contributed by atoms with van der Waals surface area (Å²) in [6, 6.07) is 8.00. The van der Waals surface area contributed by atoms with E-state index in [-0.39, 0.29) is 0 Å². The van der Waals surface area contributed by atoms with Gasteiger partial charge in [0.1, 0.15) is 0 Å². The van der Waals surface area contributed by atoms with Gasteiger partial charge >= 0.3 is 0 Å². The summed E-state index contributed by atoms with van der Waals surface area (Å²) in [5, 5.41) is 4.03. The van der Waals surface area contributed by atoms with Crippen molar-refractivity contribution in [2.45, 2.75) is 12.9 Å². The predicted molar refractivity (Wildman–Crippen MR) is 53.7 cm³/mol. The van der Waals surface area contributed by atoms with E-state index in [1.165, 1.54) is 0 Å². The van der Waals surface area contributed by atoms with Gasteiger partial charge in [-0.15, -0.1) is 0 Å². The minimum absolute atomic E-state index is 0.690. The van der Waals surface area contributed by atoms with E-state index in [0.717, 1.165) is 22.9 Å². The molecule has 2 nitrogen and oxygen atoms in total. The Hall–Kier alpha value is -1.28. The minimum Gasteiger partial charge on any atom is -0.357 e. The van der Waals surface area contributed by atoms with Crippen LogP contribution in [0.15, 0.2) is 24.3 Å². The van der Waals surface area contributed by atoms with Crippen molar-refractivity contribution in [1.29, 1.82) is 0 Å². The second-order valence-corrected chi connectivity index (χ2v) is 3.33. The normalized spacial score (nSPS) is 22.2. The molecule has 3 rings (SSSR count). The van der Waals surface area contributed by atoms with Crippen LogP contribution < -0.4 is 5.32 Å². The van der Waals surface area contributed by atoms with Crippen LogP contribution >= 0.6 is 0 Å². The lowest BCUT2D eigenvalue weighted by molar-refractivity contribution is 0.637. The second-order valence-electron chi connectivity index (χ2n) is 3.33. The average Bonchev–Trinajstić information content (AvgIpc) is 2.58. The third kappa shape index (κ3) is 0.988. The Bertz CT molecular complexity index is 516. The van der Waals surface area contributed by atoms with Crippen molar-refractivity contribution in [3.63, 3.8) is 0 Å². The Kier molecular flexibility index (Phi) is 1.09. The van der Waals surface area contributed by atoms with Crippen LogP contribution in [0.5, 0.6) is 0 Å². The number of para-hydroxylation sites is 1. The molecule has 2 aromatic rings. The van der Waals surface area contributed by atoms with Gasteiger partial charge in [0.2, 0.25) is 0 Å². The number of nitrogens with one attached hydrogen (secondary N) is 2. The highest BCUT2D eigenvalue weighted by Gasteiger charge is 2.13. The highest BCUT2D eigenvalue weighted by Crippen LogP contribution is 2.24. The van der Waals surface area contributed by atoms with Crippen LogP contribution in [0.2, 0.25) is 0 Å². The molecular weight excluding hydrogens is 161 g/mol. The first-order chi connectivity index (χ1) is 7.18. The maximum Gasteiger partial charge on any atom is 0.0495 e. The topological polar surface area (TPSA) is 27.8 Å². The Labute approximate surface area is 79.8 Å². The summed E-state index contributed by atoms with van der Waals surface area (Å²) < 4.78 is 15.7. The summed E-state index contributed by atoms with van der Waals surface area (Å²) in [4.78, 5) is 3.17. The molecular formula is C11H12N2. The molecule has 1 aliphatic heterocycles. The molecule has 0 spiro atoms. The lowest BCUT2D eigenvalue weighted by atomic mass is 10.1. The van der Waals surface area contributed by atoms with Crippen LogP contribution in [0.4, 0.5) is 0 Å². The van der Waals surface area contributed by atoms with Crippen LogP contribution in [0.25, 0.3) is 10.9 Å². The molecule has 66 valence electrons. The predicted octanol–water partition coefficient (Wildman–Crippen LogP) is 1.81. The molecule has 0 saturated carbocycles. The summed E-state index contributed by atoms with van der Waals surface area (Å²) >= 11 is 0. The summed E-state index contributed by atoms with van der Waals surface area (Å²) in [6.07, 6.45) is 0.888. The highest BCUT2D eigenvalue weighted by atomic mass is 15.1. The van der Waals surface area contributed by atoms with Crippen molar-refractivity contribution < 1.29 is 2.74 Å². The van der Waals surface area contributed by atoms with Crippen LogP contribution in [-0.4, -0.2) is 11.5 Å². The lowest BCUT2D eigenvalue weighted by Gasteiger charge is -2.12. The van der Waals surface area contributed by atoms with Crippen molar-refractivity contribution in [2.75, 3.05) is 6.54 Å². The number of rotatable bonds is 0. The Morgan fingerprint density at radius 1 is 1.31 bits per heavy atom. The first kappa shape index (κ1) is 5.45. The number of aromatic amines is 1. The fraction of sp³-hybridized carbons (Fsp3) is 0.273. The fourth-order valence-electron chi connectivity index (χ4n) is 1.90. The SMILES string of the molecule is [2H][13C]1([2H])NCCc2c1[nH]c1ccccc21. The van der Waals surface area contributed by atoms with E-state index in [1.807, 2.05) is 24.3 Å². The van der Waals surface area contributed by atoms with Crippen LogP contribution in [-0.2, 0) is 12.9 Å². The zero-order valence-corrected chi connectivity index (χ0v) is 7.22. The van der Waals surface area contributed by atoms with E-state index < -0.39 is 6.50 Å². The zero-order valence-electron chi connectivity index (χ0n) is 9.22. The van der Waals surface area contributed by atoms with E-state index in [2.05, 4.69) is 10.3 Å². The van der Waals surface area contributed by atoms with Crippen molar-refractivity contribution in [3.05, 3.63) is 35.5 Å². The first-order valence-corrected chi connectivity index (χ1v) is 4.53. The monoisotopic (exact) mass is 175 g/mol. The van der Waals surface area contributed by atoms with Crippen molar-refractivity contribution in [1.82, 2.24) is 10.3 Å². The molecule has 2 heterocycles. The van der Waals surface area contributed by atoms with Gasteiger partial charge in [0, 0.05) is 25.8 Å². The minimum atomic E-state index is -1.42. The van der Waals surface area contributed by atoms with E-state index in [4.69, 9.17) is 2.74 Å². The quantitative estimate of drug-likeness (QED) is 0.587. The molecule has 1 aromatic carbocycles. The van der Waals surface area contributed by atoms with Gasteiger partial charge in [-0.2, -0.15) is 0 Å². The summed E-state index contributed by atoms with van der Waals surface area (Å²) in [5.74, 6) is 0.